The van der Waals surface area contributed by atoms with E-state index in [2.05, 4.69) is 25.8 Å². The Morgan fingerprint density at radius 2 is 1.91 bits per heavy atom. The summed E-state index contributed by atoms with van der Waals surface area (Å²) in [5, 5.41) is 17.8. The molecule has 0 spiro atoms. The minimum absolute atomic E-state index is 0.104. The number of benzene rings is 2. The van der Waals surface area contributed by atoms with Gasteiger partial charge >= 0.3 is 0 Å². The monoisotopic (exact) mass is 468 g/mol. The van der Waals surface area contributed by atoms with Crippen molar-refractivity contribution in [3.63, 3.8) is 0 Å². The Kier molecular flexibility index (Phi) is 7.13. The first-order valence-corrected chi connectivity index (χ1v) is 11.8. The van der Waals surface area contributed by atoms with E-state index < -0.39 is 5.82 Å². The molecule has 32 heavy (non-hydrogen) atoms. The molecule has 2 aromatic carbocycles. The first-order valence-electron chi connectivity index (χ1n) is 9.98. The fourth-order valence-electron chi connectivity index (χ4n) is 3.00. The molecule has 2 heterocycles. The molecule has 0 aliphatic rings. The predicted octanol–water partition coefficient (Wildman–Crippen LogP) is 4.90. The highest BCUT2D eigenvalue weighted by Crippen LogP contribution is 2.25. The summed E-state index contributed by atoms with van der Waals surface area (Å²) in [6, 6.07) is 16.1. The number of nitrogens with zero attached hydrogens (tertiary/aromatic N) is 4. The van der Waals surface area contributed by atoms with Crippen molar-refractivity contribution in [2.45, 2.75) is 25.2 Å². The van der Waals surface area contributed by atoms with Gasteiger partial charge in [0.15, 0.2) is 16.1 Å². The van der Waals surface area contributed by atoms with Crippen LogP contribution in [0.1, 0.15) is 12.7 Å². The van der Waals surface area contributed by atoms with Gasteiger partial charge in [0.1, 0.15) is 5.82 Å². The van der Waals surface area contributed by atoms with Gasteiger partial charge in [-0.15, -0.1) is 21.5 Å². The quantitative estimate of drug-likeness (QED) is 0.340. The Bertz CT molecular complexity index is 1190. The minimum atomic E-state index is -0.464. The Morgan fingerprint density at radius 1 is 1.12 bits per heavy atom. The van der Waals surface area contributed by atoms with Gasteiger partial charge in [0.2, 0.25) is 5.91 Å². The number of carbonyl (C=O) groups excluding carboxylic acids is 1. The Hall–Kier alpha value is -3.24. The van der Waals surface area contributed by atoms with Crippen LogP contribution in [-0.4, -0.2) is 31.4 Å². The number of hydrogen-bond acceptors (Lipinski definition) is 7. The first kappa shape index (κ1) is 22.0. The average Bonchev–Trinajstić information content (AvgIpc) is 3.45. The summed E-state index contributed by atoms with van der Waals surface area (Å²) in [6.45, 7) is 3.12. The van der Waals surface area contributed by atoms with E-state index in [0.717, 1.165) is 22.2 Å². The molecule has 7 nitrogen and oxygen atoms in total. The number of carbonyl (C=O) groups is 1. The second-order valence-electron chi connectivity index (χ2n) is 6.72. The lowest BCUT2D eigenvalue weighted by atomic mass is 10.2. The molecule has 0 fully saturated rings. The molecule has 1 amide bonds. The molecule has 0 radical (unpaired) electrons. The standard InChI is InChI=1S/C22H21FN6OS2/c1-2-29-19(12-24-21-26-18(13-31-21)15-8-4-3-5-9-15)27-28-22(29)32-14-20(30)25-17-11-7-6-10-16(17)23/h3-11,13H,2,12,14H2,1H3,(H,24,26)(H,25,30). The van der Waals surface area contributed by atoms with E-state index >= 15 is 0 Å². The number of anilines is 2. The molecule has 0 saturated heterocycles. The Morgan fingerprint density at radius 3 is 2.69 bits per heavy atom. The third kappa shape index (κ3) is 5.32. The molecule has 0 saturated carbocycles. The number of para-hydroxylation sites is 1. The van der Waals surface area contributed by atoms with Gasteiger partial charge in [-0.2, -0.15) is 0 Å². The van der Waals surface area contributed by atoms with Gasteiger partial charge in [-0.1, -0.05) is 54.2 Å². The fraction of sp³-hybridized carbons (Fsp3) is 0.182. The van der Waals surface area contributed by atoms with E-state index in [0.29, 0.717) is 18.2 Å². The van der Waals surface area contributed by atoms with Crippen LogP contribution in [0.5, 0.6) is 0 Å². The molecule has 0 aliphatic heterocycles. The van der Waals surface area contributed by atoms with Gasteiger partial charge in [0.05, 0.1) is 23.7 Å². The van der Waals surface area contributed by atoms with Crippen molar-refractivity contribution in [2.75, 3.05) is 16.4 Å². The van der Waals surface area contributed by atoms with Crippen LogP contribution in [0.25, 0.3) is 11.3 Å². The maximum atomic E-state index is 13.7. The maximum absolute atomic E-state index is 13.7. The normalized spacial score (nSPS) is 10.8. The van der Waals surface area contributed by atoms with Crippen molar-refractivity contribution in [3.8, 4) is 11.3 Å². The van der Waals surface area contributed by atoms with E-state index in [1.807, 2.05) is 47.2 Å². The molecule has 164 valence electrons. The van der Waals surface area contributed by atoms with E-state index in [-0.39, 0.29) is 17.3 Å². The molecular formula is C22H21FN6OS2. The molecule has 0 atom stereocenters. The highest BCUT2D eigenvalue weighted by molar-refractivity contribution is 7.99. The Balaban J connectivity index is 1.34. The molecule has 0 aliphatic carbocycles. The average molecular weight is 469 g/mol. The SMILES string of the molecule is CCn1c(CNc2nc(-c3ccccc3)cs2)nnc1SCC(=O)Nc1ccccc1F. The van der Waals surface area contributed by atoms with E-state index in [4.69, 9.17) is 0 Å². The van der Waals surface area contributed by atoms with Crippen molar-refractivity contribution >= 4 is 39.8 Å². The summed E-state index contributed by atoms with van der Waals surface area (Å²) in [5.74, 6) is 0.0865. The largest absolute Gasteiger partial charge is 0.354 e. The molecule has 10 heteroatoms. The number of aromatic nitrogens is 4. The van der Waals surface area contributed by atoms with Gasteiger partial charge in [-0.25, -0.2) is 9.37 Å². The third-order valence-corrected chi connectivity index (χ3v) is 6.33. The smallest absolute Gasteiger partial charge is 0.234 e. The lowest BCUT2D eigenvalue weighted by Crippen LogP contribution is -2.15. The highest BCUT2D eigenvalue weighted by Gasteiger charge is 2.14. The summed E-state index contributed by atoms with van der Waals surface area (Å²) < 4.78 is 15.6. The number of hydrogen-bond donors (Lipinski definition) is 2. The zero-order chi connectivity index (χ0) is 22.3. The fourth-order valence-corrected chi connectivity index (χ4v) is 4.54. The van der Waals surface area contributed by atoms with E-state index in [1.165, 1.54) is 35.2 Å². The predicted molar refractivity (Wildman–Crippen MR) is 126 cm³/mol. The van der Waals surface area contributed by atoms with Gasteiger partial charge in [0, 0.05) is 17.5 Å². The number of nitrogens with one attached hydrogen (secondary N) is 2. The molecule has 0 bridgehead atoms. The van der Waals surface area contributed by atoms with E-state index in [1.54, 1.807) is 12.1 Å². The number of amides is 1. The topological polar surface area (TPSA) is 84.7 Å². The second kappa shape index (κ2) is 10.4. The van der Waals surface area contributed by atoms with Crippen LogP contribution >= 0.6 is 23.1 Å². The van der Waals surface area contributed by atoms with Crippen molar-refractivity contribution in [3.05, 3.63) is 71.6 Å². The third-order valence-electron chi connectivity index (χ3n) is 4.56. The van der Waals surface area contributed by atoms with Crippen LogP contribution < -0.4 is 10.6 Å². The van der Waals surface area contributed by atoms with Gasteiger partial charge in [0.25, 0.3) is 0 Å². The highest BCUT2D eigenvalue weighted by atomic mass is 32.2. The van der Waals surface area contributed by atoms with Crippen molar-refractivity contribution in [1.29, 1.82) is 0 Å². The maximum Gasteiger partial charge on any atom is 0.234 e. The van der Waals surface area contributed by atoms with E-state index in [9.17, 15) is 9.18 Å². The molecule has 4 aromatic rings. The summed E-state index contributed by atoms with van der Waals surface area (Å²) in [7, 11) is 0. The number of thioether (sulfide) groups is 1. The zero-order valence-corrected chi connectivity index (χ0v) is 18.9. The summed E-state index contributed by atoms with van der Waals surface area (Å²) in [4.78, 5) is 16.8. The van der Waals surface area contributed by atoms with Gasteiger partial charge in [-0.3, -0.25) is 4.79 Å². The van der Waals surface area contributed by atoms with Crippen LogP contribution in [0.3, 0.4) is 0 Å². The number of rotatable bonds is 9. The molecule has 2 aromatic heterocycles. The second-order valence-corrected chi connectivity index (χ2v) is 8.52. The molecule has 4 rings (SSSR count). The molecular weight excluding hydrogens is 447 g/mol. The number of halogens is 1. The van der Waals surface area contributed by atoms with Crippen molar-refractivity contribution in [1.82, 2.24) is 19.7 Å². The summed E-state index contributed by atoms with van der Waals surface area (Å²) in [5.41, 5.74) is 2.16. The molecule has 0 unspecified atom stereocenters. The van der Waals surface area contributed by atoms with Crippen molar-refractivity contribution < 1.29 is 9.18 Å². The summed E-state index contributed by atoms with van der Waals surface area (Å²) >= 11 is 2.79. The summed E-state index contributed by atoms with van der Waals surface area (Å²) in [6.07, 6.45) is 0. The zero-order valence-electron chi connectivity index (χ0n) is 17.3. The van der Waals surface area contributed by atoms with Crippen molar-refractivity contribution in [2.24, 2.45) is 0 Å². The van der Waals surface area contributed by atoms with Crippen LogP contribution in [-0.2, 0) is 17.9 Å². The number of thiazole rings is 1. The van der Waals surface area contributed by atoms with Crippen LogP contribution in [0.15, 0.2) is 65.1 Å². The lowest BCUT2D eigenvalue weighted by Gasteiger charge is -2.08. The van der Waals surface area contributed by atoms with Gasteiger partial charge < -0.3 is 15.2 Å². The molecule has 2 N–H and O–H groups in total. The first-order chi connectivity index (χ1) is 15.6. The van der Waals surface area contributed by atoms with Gasteiger partial charge in [-0.05, 0) is 19.1 Å². The lowest BCUT2D eigenvalue weighted by molar-refractivity contribution is -0.113. The Labute approximate surface area is 193 Å². The minimum Gasteiger partial charge on any atom is -0.354 e. The van der Waals surface area contributed by atoms with Crippen LogP contribution in [0.4, 0.5) is 15.2 Å². The van der Waals surface area contributed by atoms with Crippen LogP contribution in [0.2, 0.25) is 0 Å². The van der Waals surface area contributed by atoms with Crippen LogP contribution in [0, 0.1) is 5.82 Å².